The van der Waals surface area contributed by atoms with E-state index >= 15 is 0 Å². The van der Waals surface area contributed by atoms with Gasteiger partial charge in [0.15, 0.2) is 0 Å². The number of anilines is 1. The number of non-ortho nitro benzene ring substituents is 1. The maximum atomic E-state index is 12.0. The molecule has 0 aliphatic rings. The summed E-state index contributed by atoms with van der Waals surface area (Å²) in [5, 5.41) is 21.3. The van der Waals surface area contributed by atoms with Crippen molar-refractivity contribution in [2.24, 2.45) is 5.14 Å². The van der Waals surface area contributed by atoms with Crippen LogP contribution in [0.5, 0.6) is 5.75 Å². The number of ether oxygens (including phenoxy) is 1. The Hall–Kier alpha value is -3.02. The first kappa shape index (κ1) is 20.3. The number of carbonyl (C=O) groups excluding carboxylic acids is 1. The van der Waals surface area contributed by atoms with Crippen molar-refractivity contribution in [3.05, 3.63) is 58.1 Å². The van der Waals surface area contributed by atoms with Gasteiger partial charge in [0.25, 0.3) is 5.69 Å². The van der Waals surface area contributed by atoms with E-state index < -0.39 is 20.9 Å². The molecule has 0 fully saturated rings. The van der Waals surface area contributed by atoms with E-state index in [2.05, 4.69) is 10.6 Å². The highest BCUT2D eigenvalue weighted by molar-refractivity contribution is 7.89. The number of primary sulfonamides is 1. The lowest BCUT2D eigenvalue weighted by Crippen LogP contribution is -2.28. The predicted molar refractivity (Wildman–Crippen MR) is 97.8 cm³/mol. The molecule has 2 aromatic carbocycles. The number of benzene rings is 2. The van der Waals surface area contributed by atoms with Crippen LogP contribution in [0.25, 0.3) is 0 Å². The summed E-state index contributed by atoms with van der Waals surface area (Å²) in [6, 6.07) is 9.79. The number of sulfonamides is 1. The summed E-state index contributed by atoms with van der Waals surface area (Å²) in [6.45, 7) is 0.243. The standard InChI is InChI=1S/C16H18N4O6S/c1-26-15-7-4-12(20(22)23)8-14(15)19-16(21)10-18-9-11-2-5-13(6-3-11)27(17,24)25/h2-8,18H,9-10H2,1H3,(H,19,21)(H2,17,24,25). The number of nitro benzene ring substituents is 1. The van der Waals surface area contributed by atoms with Gasteiger partial charge in [-0.1, -0.05) is 12.1 Å². The largest absolute Gasteiger partial charge is 0.495 e. The molecule has 0 saturated carbocycles. The van der Waals surface area contributed by atoms with Crippen LogP contribution in [0.3, 0.4) is 0 Å². The van der Waals surface area contributed by atoms with Crippen LogP contribution in [0, 0.1) is 10.1 Å². The molecule has 27 heavy (non-hydrogen) atoms. The van der Waals surface area contributed by atoms with Crippen LogP contribution < -0.4 is 20.5 Å². The number of carbonyl (C=O) groups is 1. The third-order valence-corrected chi connectivity index (χ3v) is 4.46. The number of hydrogen-bond acceptors (Lipinski definition) is 7. The van der Waals surface area contributed by atoms with Crippen molar-refractivity contribution in [2.45, 2.75) is 11.4 Å². The van der Waals surface area contributed by atoms with E-state index in [0.717, 1.165) is 5.56 Å². The lowest BCUT2D eigenvalue weighted by atomic mass is 10.2. The van der Waals surface area contributed by atoms with E-state index in [0.29, 0.717) is 12.3 Å². The normalized spacial score (nSPS) is 11.0. The molecular weight excluding hydrogens is 376 g/mol. The Morgan fingerprint density at radius 1 is 1.22 bits per heavy atom. The Morgan fingerprint density at radius 3 is 2.44 bits per heavy atom. The molecule has 0 aromatic heterocycles. The highest BCUT2D eigenvalue weighted by atomic mass is 32.2. The average molecular weight is 394 g/mol. The van der Waals surface area contributed by atoms with Crippen molar-refractivity contribution in [2.75, 3.05) is 19.0 Å². The SMILES string of the molecule is COc1ccc([N+](=O)[O-])cc1NC(=O)CNCc1ccc(S(N)(=O)=O)cc1. The quantitative estimate of drug-likeness (QED) is 0.445. The summed E-state index contributed by atoms with van der Waals surface area (Å²) in [5.41, 5.74) is 0.771. The van der Waals surface area contributed by atoms with Gasteiger partial charge in [-0.15, -0.1) is 0 Å². The molecule has 4 N–H and O–H groups in total. The molecule has 0 radical (unpaired) electrons. The zero-order chi connectivity index (χ0) is 20.0. The molecule has 0 aliphatic heterocycles. The maximum absolute atomic E-state index is 12.0. The molecule has 0 aliphatic carbocycles. The second-order valence-corrected chi connectivity index (χ2v) is 7.04. The minimum Gasteiger partial charge on any atom is -0.495 e. The van der Waals surface area contributed by atoms with Gasteiger partial charge in [0, 0.05) is 18.7 Å². The van der Waals surface area contributed by atoms with E-state index in [1.54, 1.807) is 12.1 Å². The third-order valence-electron chi connectivity index (χ3n) is 3.53. The van der Waals surface area contributed by atoms with Crippen LogP contribution in [-0.2, 0) is 21.4 Å². The van der Waals surface area contributed by atoms with Gasteiger partial charge < -0.3 is 15.4 Å². The van der Waals surface area contributed by atoms with E-state index in [1.165, 1.54) is 37.4 Å². The number of methoxy groups -OCH3 is 1. The van der Waals surface area contributed by atoms with Gasteiger partial charge in [-0.2, -0.15) is 0 Å². The number of nitrogens with one attached hydrogen (secondary N) is 2. The number of rotatable bonds is 8. The summed E-state index contributed by atoms with van der Waals surface area (Å²) >= 11 is 0. The molecule has 0 spiro atoms. The number of nitrogens with zero attached hydrogens (tertiary/aromatic N) is 1. The van der Waals surface area contributed by atoms with E-state index in [4.69, 9.17) is 9.88 Å². The highest BCUT2D eigenvalue weighted by Gasteiger charge is 2.13. The Kier molecular flexibility index (Phi) is 6.45. The van der Waals surface area contributed by atoms with Crippen LogP contribution >= 0.6 is 0 Å². The van der Waals surface area contributed by atoms with Crippen LogP contribution in [-0.4, -0.2) is 32.9 Å². The molecule has 0 saturated heterocycles. The topological polar surface area (TPSA) is 154 Å². The molecule has 0 unspecified atom stereocenters. The minimum atomic E-state index is -3.75. The lowest BCUT2D eigenvalue weighted by molar-refractivity contribution is -0.384. The second-order valence-electron chi connectivity index (χ2n) is 5.48. The van der Waals surface area contributed by atoms with Gasteiger partial charge in [0.1, 0.15) is 5.75 Å². The number of nitrogens with two attached hydrogens (primary N) is 1. The first-order valence-electron chi connectivity index (χ1n) is 7.65. The lowest BCUT2D eigenvalue weighted by Gasteiger charge is -2.10. The number of hydrogen-bond donors (Lipinski definition) is 3. The van der Waals surface area contributed by atoms with Gasteiger partial charge >= 0.3 is 0 Å². The van der Waals surface area contributed by atoms with Crippen LogP contribution in [0.15, 0.2) is 47.4 Å². The van der Waals surface area contributed by atoms with Gasteiger partial charge in [-0.3, -0.25) is 14.9 Å². The van der Waals surface area contributed by atoms with E-state index in [1.807, 2.05) is 0 Å². The zero-order valence-electron chi connectivity index (χ0n) is 14.3. The zero-order valence-corrected chi connectivity index (χ0v) is 15.2. The van der Waals surface area contributed by atoms with Crippen LogP contribution in [0.4, 0.5) is 11.4 Å². The van der Waals surface area contributed by atoms with Crippen molar-refractivity contribution >= 4 is 27.3 Å². The van der Waals surface area contributed by atoms with E-state index in [9.17, 15) is 23.3 Å². The summed E-state index contributed by atoms with van der Waals surface area (Å²) in [5.74, 6) is -0.123. The second kappa shape index (κ2) is 8.58. The van der Waals surface area contributed by atoms with Crippen molar-refractivity contribution in [3.63, 3.8) is 0 Å². The fourth-order valence-corrected chi connectivity index (χ4v) is 2.73. The molecule has 10 nitrogen and oxygen atoms in total. The molecule has 0 bridgehead atoms. The van der Waals surface area contributed by atoms with Crippen molar-refractivity contribution in [3.8, 4) is 5.75 Å². The monoisotopic (exact) mass is 394 g/mol. The summed E-state index contributed by atoms with van der Waals surface area (Å²) in [4.78, 5) is 22.3. The van der Waals surface area contributed by atoms with Gasteiger partial charge in [0.2, 0.25) is 15.9 Å². The minimum absolute atomic E-state index is 0.00163. The Morgan fingerprint density at radius 2 is 1.89 bits per heavy atom. The van der Waals surface area contributed by atoms with Crippen molar-refractivity contribution in [1.29, 1.82) is 0 Å². The van der Waals surface area contributed by atoms with Crippen LogP contribution in [0.2, 0.25) is 0 Å². The third kappa shape index (κ3) is 5.74. The molecule has 2 aromatic rings. The molecule has 1 amide bonds. The molecule has 11 heteroatoms. The number of amides is 1. The smallest absolute Gasteiger partial charge is 0.271 e. The maximum Gasteiger partial charge on any atom is 0.271 e. The molecule has 0 heterocycles. The van der Waals surface area contributed by atoms with E-state index in [-0.39, 0.29) is 22.8 Å². The Bertz CT molecular complexity index is 944. The van der Waals surface area contributed by atoms with Crippen molar-refractivity contribution < 1.29 is 22.9 Å². The fraction of sp³-hybridized carbons (Fsp3) is 0.188. The summed E-state index contributed by atoms with van der Waals surface area (Å²) < 4.78 is 27.5. The number of nitro groups is 1. The fourth-order valence-electron chi connectivity index (χ4n) is 2.22. The Balaban J connectivity index is 1.93. The molecular formula is C16H18N4O6S. The summed E-state index contributed by atoms with van der Waals surface area (Å²) in [7, 11) is -2.36. The summed E-state index contributed by atoms with van der Waals surface area (Å²) in [6.07, 6.45) is 0. The first-order valence-corrected chi connectivity index (χ1v) is 9.20. The van der Waals surface area contributed by atoms with Gasteiger partial charge in [0.05, 0.1) is 29.2 Å². The predicted octanol–water partition coefficient (Wildman–Crippen LogP) is 0.979. The molecule has 2 rings (SSSR count). The molecule has 144 valence electrons. The Labute approximate surface area is 155 Å². The van der Waals surface area contributed by atoms with Crippen LogP contribution in [0.1, 0.15) is 5.56 Å². The highest BCUT2D eigenvalue weighted by Crippen LogP contribution is 2.28. The average Bonchev–Trinajstić information content (AvgIpc) is 2.61. The first-order chi connectivity index (χ1) is 12.7. The van der Waals surface area contributed by atoms with Gasteiger partial charge in [-0.05, 0) is 23.8 Å². The van der Waals surface area contributed by atoms with Crippen molar-refractivity contribution in [1.82, 2.24) is 5.32 Å². The van der Waals surface area contributed by atoms with Gasteiger partial charge in [-0.25, -0.2) is 13.6 Å². The molecule has 0 atom stereocenters.